The van der Waals surface area contributed by atoms with Crippen molar-refractivity contribution >= 4 is 53.3 Å². The first kappa shape index (κ1) is 26.8. The monoisotopic (exact) mass is 589 g/mol. The van der Waals surface area contributed by atoms with Crippen molar-refractivity contribution in [1.82, 2.24) is 0 Å². The van der Waals surface area contributed by atoms with Gasteiger partial charge in [-0.1, -0.05) is 107 Å². The van der Waals surface area contributed by atoms with Gasteiger partial charge in [-0.05, 0) is 81.9 Å². The third kappa shape index (κ3) is 3.93. The van der Waals surface area contributed by atoms with Crippen LogP contribution >= 0.6 is 22.9 Å². The van der Waals surface area contributed by atoms with Crippen LogP contribution in [0.5, 0.6) is 0 Å². The van der Waals surface area contributed by atoms with E-state index >= 15 is 0 Å². The second kappa shape index (κ2) is 8.94. The Morgan fingerprint density at radius 2 is 1.12 bits per heavy atom. The van der Waals surface area contributed by atoms with Gasteiger partial charge in [-0.3, -0.25) is 0 Å². The van der Waals surface area contributed by atoms with Gasteiger partial charge in [-0.15, -0.1) is 11.3 Å². The Kier molecular flexibility index (Phi) is 5.84. The molecule has 5 aromatic rings. The molecule has 0 atom stereocenters. The first-order valence-corrected chi connectivity index (χ1v) is 19.2. The van der Waals surface area contributed by atoms with Crippen LogP contribution in [0, 0.1) is 0 Å². The van der Waals surface area contributed by atoms with Crippen molar-refractivity contribution in [3.63, 3.8) is 0 Å². The number of fused-ring (bicyclic) bond motifs is 7. The highest BCUT2D eigenvalue weighted by Crippen LogP contribution is 2.64. The van der Waals surface area contributed by atoms with Crippen LogP contribution in [-0.4, -0.2) is 8.07 Å². The number of halogens is 1. The molecular weight excluding hydrogens is 554 g/mol. The van der Waals surface area contributed by atoms with Crippen LogP contribution in [0.3, 0.4) is 0 Å². The highest BCUT2D eigenvalue weighted by Gasteiger charge is 2.48. The van der Waals surface area contributed by atoms with Crippen LogP contribution in [0.1, 0.15) is 49.9 Å². The molecule has 0 fully saturated rings. The van der Waals surface area contributed by atoms with Crippen molar-refractivity contribution < 1.29 is 0 Å². The maximum absolute atomic E-state index is 6.49. The Morgan fingerprint density at radius 3 is 1.71 bits per heavy atom. The van der Waals surface area contributed by atoms with Crippen molar-refractivity contribution in [2.45, 2.75) is 58.2 Å². The van der Waals surface area contributed by atoms with Crippen molar-refractivity contribution in [2.24, 2.45) is 0 Å². The number of hydrogen-bond donors (Lipinski definition) is 0. The molecule has 0 radical (unpaired) electrons. The fraction of sp³-hybridized carbons (Fsp3) is 0.243. The van der Waals surface area contributed by atoms with E-state index in [1.54, 1.807) is 0 Å². The van der Waals surface area contributed by atoms with E-state index in [1.807, 2.05) is 17.4 Å². The zero-order chi connectivity index (χ0) is 28.9. The summed E-state index contributed by atoms with van der Waals surface area (Å²) in [6, 6.07) is 33.6. The van der Waals surface area contributed by atoms with Crippen LogP contribution in [0.2, 0.25) is 24.7 Å². The van der Waals surface area contributed by atoms with E-state index in [4.69, 9.17) is 11.6 Å². The molecule has 0 spiro atoms. The molecule has 1 aromatic heterocycles. The third-order valence-corrected chi connectivity index (χ3v) is 12.8. The number of thiophene rings is 1. The smallest absolute Gasteiger partial charge is 0.0775 e. The molecule has 0 saturated carbocycles. The van der Waals surface area contributed by atoms with Crippen molar-refractivity contribution in [3.8, 4) is 20.9 Å². The van der Waals surface area contributed by atoms with E-state index in [1.165, 1.54) is 65.4 Å². The van der Waals surface area contributed by atoms with Crippen LogP contribution < -0.4 is 10.1 Å². The van der Waals surface area contributed by atoms with Gasteiger partial charge in [0, 0.05) is 42.7 Å². The molecule has 0 saturated heterocycles. The third-order valence-electron chi connectivity index (χ3n) is 9.24. The number of hydrogen-bond acceptors (Lipinski definition) is 2. The molecule has 0 bridgehead atoms. The van der Waals surface area contributed by atoms with E-state index in [2.05, 4.69) is 137 Å². The van der Waals surface area contributed by atoms with Crippen molar-refractivity contribution in [1.29, 1.82) is 0 Å². The number of benzene rings is 4. The minimum Gasteiger partial charge on any atom is -0.310 e. The fourth-order valence-electron chi connectivity index (χ4n) is 7.03. The van der Waals surface area contributed by atoms with Crippen LogP contribution in [0.4, 0.5) is 17.1 Å². The lowest BCUT2D eigenvalue weighted by Gasteiger charge is -2.30. The van der Waals surface area contributed by atoms with Gasteiger partial charge in [0.2, 0.25) is 0 Å². The Morgan fingerprint density at radius 1 is 0.610 bits per heavy atom. The minimum absolute atomic E-state index is 0.0873. The van der Waals surface area contributed by atoms with Crippen LogP contribution in [0.15, 0.2) is 91.0 Å². The zero-order valence-electron chi connectivity index (χ0n) is 24.9. The van der Waals surface area contributed by atoms with Crippen LogP contribution in [-0.2, 0) is 10.8 Å². The number of anilines is 3. The lowest BCUT2D eigenvalue weighted by atomic mass is 9.74. The molecule has 4 aromatic carbocycles. The second-order valence-corrected chi connectivity index (χ2v) is 20.2. The molecule has 1 nitrogen and oxygen atoms in total. The molecule has 0 unspecified atom stereocenters. The number of nitrogens with zero attached hydrogens (tertiary/aromatic N) is 1. The summed E-state index contributed by atoms with van der Waals surface area (Å²) in [7, 11) is -1.38. The molecular formula is C37H36ClNSSi. The van der Waals surface area contributed by atoms with Crippen molar-refractivity contribution in [3.05, 3.63) is 118 Å². The Labute approximate surface area is 254 Å². The molecule has 41 heavy (non-hydrogen) atoms. The summed E-state index contributed by atoms with van der Waals surface area (Å²) in [6.45, 7) is 16.8. The van der Waals surface area contributed by atoms with Gasteiger partial charge in [0.15, 0.2) is 0 Å². The number of para-hydroxylation sites is 1. The van der Waals surface area contributed by atoms with Gasteiger partial charge in [-0.2, -0.15) is 0 Å². The molecule has 0 aliphatic heterocycles. The van der Waals surface area contributed by atoms with Gasteiger partial charge in [-0.25, -0.2) is 0 Å². The topological polar surface area (TPSA) is 3.24 Å². The predicted molar refractivity (Wildman–Crippen MR) is 182 cm³/mol. The van der Waals surface area contributed by atoms with E-state index in [9.17, 15) is 0 Å². The molecule has 2 aliphatic rings. The summed E-state index contributed by atoms with van der Waals surface area (Å²) >= 11 is 8.45. The molecule has 1 heterocycles. The SMILES string of the molecule is CC1(C)c2cc(Cl)ccc2-c2sc3c(c21)C(C)(C)c1cc(N(c2ccccc2)c2ccc([Si](C)(C)C)cc2)ccc1-3. The average Bonchev–Trinajstić information content (AvgIpc) is 3.50. The Balaban J connectivity index is 1.37. The molecule has 206 valence electrons. The first-order valence-electron chi connectivity index (χ1n) is 14.5. The maximum atomic E-state index is 6.49. The summed E-state index contributed by atoms with van der Waals surface area (Å²) in [5.74, 6) is 0. The van der Waals surface area contributed by atoms with E-state index in [0.717, 1.165) is 5.02 Å². The summed E-state index contributed by atoms with van der Waals surface area (Å²) in [5.41, 5.74) is 11.8. The molecule has 0 amide bonds. The van der Waals surface area contributed by atoms with E-state index < -0.39 is 8.07 Å². The Bertz CT molecular complexity index is 1820. The molecule has 2 aliphatic carbocycles. The highest BCUT2D eigenvalue weighted by atomic mass is 35.5. The Hall–Kier alpha value is -3.11. The molecule has 0 N–H and O–H groups in total. The molecule has 7 rings (SSSR count). The summed E-state index contributed by atoms with van der Waals surface area (Å²) < 4.78 is 0. The largest absolute Gasteiger partial charge is 0.310 e. The number of rotatable bonds is 4. The second-order valence-electron chi connectivity index (χ2n) is 13.6. The highest BCUT2D eigenvalue weighted by molar-refractivity contribution is 7.19. The lowest BCUT2D eigenvalue weighted by molar-refractivity contribution is 0.603. The standard InChI is InChI=1S/C37H36ClNSSi/c1-36(2)30-21-23(38)13-19-28(30)34-32(36)33-35(40-34)29-20-16-26(22-31(29)37(33,3)4)39(24-11-9-8-10-12-24)25-14-17-27(18-15-25)41(5,6)7/h8-22H,1-7H3. The van der Waals surface area contributed by atoms with Gasteiger partial charge < -0.3 is 4.90 Å². The average molecular weight is 590 g/mol. The van der Waals surface area contributed by atoms with Gasteiger partial charge in [0.1, 0.15) is 0 Å². The van der Waals surface area contributed by atoms with Crippen molar-refractivity contribution in [2.75, 3.05) is 4.90 Å². The molecule has 4 heteroatoms. The fourth-order valence-corrected chi connectivity index (χ4v) is 10.1. The summed E-state index contributed by atoms with van der Waals surface area (Å²) in [5, 5.41) is 2.29. The summed E-state index contributed by atoms with van der Waals surface area (Å²) in [6.07, 6.45) is 0. The van der Waals surface area contributed by atoms with Gasteiger partial charge >= 0.3 is 0 Å². The lowest BCUT2D eigenvalue weighted by Crippen LogP contribution is -2.37. The quantitative estimate of drug-likeness (QED) is 0.188. The maximum Gasteiger partial charge on any atom is 0.0775 e. The minimum atomic E-state index is -1.38. The zero-order valence-corrected chi connectivity index (χ0v) is 27.5. The van der Waals surface area contributed by atoms with Crippen LogP contribution in [0.25, 0.3) is 20.9 Å². The normalized spacial score (nSPS) is 15.7. The summed E-state index contributed by atoms with van der Waals surface area (Å²) in [4.78, 5) is 5.26. The van der Waals surface area contributed by atoms with E-state index in [-0.39, 0.29) is 10.8 Å². The first-order chi connectivity index (χ1) is 19.4. The van der Waals surface area contributed by atoms with Gasteiger partial charge in [0.05, 0.1) is 8.07 Å². The van der Waals surface area contributed by atoms with E-state index in [0.29, 0.717) is 0 Å². The van der Waals surface area contributed by atoms with Gasteiger partial charge in [0.25, 0.3) is 0 Å². The predicted octanol–water partition coefficient (Wildman–Crippen LogP) is 11.0.